The smallest absolute Gasteiger partial charge is 0.266 e. The number of amidine groups is 1. The van der Waals surface area contributed by atoms with Gasteiger partial charge in [-0.15, -0.1) is 0 Å². The summed E-state index contributed by atoms with van der Waals surface area (Å²) in [6.45, 7) is 7.74. The molecule has 3 rings (SSSR count). The van der Waals surface area contributed by atoms with Crippen LogP contribution in [0.1, 0.15) is 31.9 Å². The lowest BCUT2D eigenvalue weighted by molar-refractivity contribution is -0.122. The molecule has 1 aliphatic rings. The quantitative estimate of drug-likeness (QED) is 0.326. The zero-order chi connectivity index (χ0) is 23.3. The van der Waals surface area contributed by atoms with Gasteiger partial charge in [-0.1, -0.05) is 45.2 Å². The number of rotatable bonds is 8. The topological polar surface area (TPSA) is 51.1 Å². The van der Waals surface area contributed by atoms with E-state index in [1.807, 2.05) is 45.0 Å². The minimum Gasteiger partial charge on any atom is -0.490 e. The molecule has 32 heavy (non-hydrogen) atoms. The maximum absolute atomic E-state index is 12.8. The fourth-order valence-corrected chi connectivity index (χ4v) is 5.01. The van der Waals surface area contributed by atoms with E-state index in [0.717, 1.165) is 20.8 Å². The van der Waals surface area contributed by atoms with Crippen molar-refractivity contribution in [2.75, 3.05) is 19.7 Å². The van der Waals surface area contributed by atoms with Crippen molar-refractivity contribution in [1.29, 1.82) is 0 Å². The Hall–Kier alpha value is -1.67. The van der Waals surface area contributed by atoms with Crippen molar-refractivity contribution in [3.05, 3.63) is 60.9 Å². The van der Waals surface area contributed by atoms with E-state index >= 15 is 0 Å². The van der Waals surface area contributed by atoms with E-state index in [4.69, 9.17) is 32.7 Å². The minimum absolute atomic E-state index is 0.0488. The van der Waals surface area contributed by atoms with Crippen LogP contribution in [-0.4, -0.2) is 35.7 Å². The van der Waals surface area contributed by atoms with Crippen molar-refractivity contribution in [2.45, 2.75) is 27.4 Å². The van der Waals surface area contributed by atoms with Crippen molar-refractivity contribution >= 4 is 68.0 Å². The second-order valence-electron chi connectivity index (χ2n) is 6.69. The number of hydrogen-bond acceptors (Lipinski definition) is 5. The number of aliphatic imine (C=N–C) groups is 1. The second-order valence-corrected chi connectivity index (χ2v) is 9.40. The maximum Gasteiger partial charge on any atom is 0.266 e. The molecular weight excluding hydrogens is 535 g/mol. The first-order valence-electron chi connectivity index (χ1n) is 10.2. The molecule has 1 heterocycles. The van der Waals surface area contributed by atoms with Crippen LogP contribution in [0.3, 0.4) is 0 Å². The van der Waals surface area contributed by atoms with Gasteiger partial charge in [-0.2, -0.15) is 0 Å². The predicted molar refractivity (Wildman–Crippen MR) is 137 cm³/mol. The zero-order valence-electron chi connectivity index (χ0n) is 18.0. The van der Waals surface area contributed by atoms with Crippen LogP contribution in [0.25, 0.3) is 6.08 Å². The largest absolute Gasteiger partial charge is 0.490 e. The SMILES string of the molecule is CCN=C1S/C(=C\c2cc(OCC)c(OCc3ccc(Cl)cc3Cl)cc2Br)C(=O)N1CC. The van der Waals surface area contributed by atoms with E-state index in [2.05, 4.69) is 20.9 Å². The molecule has 9 heteroatoms. The lowest BCUT2D eigenvalue weighted by Crippen LogP contribution is -2.28. The van der Waals surface area contributed by atoms with Crippen LogP contribution >= 0.6 is 50.9 Å². The number of amides is 1. The standard InChI is InChI=1S/C23H23BrCl2N2O3S/c1-4-27-23-28(5-2)22(29)21(32-23)10-15-9-19(30-6-3)20(12-17(15)24)31-13-14-7-8-16(25)11-18(14)26/h7-12H,4-6,13H2,1-3H3/b21-10-,27-23?. The summed E-state index contributed by atoms with van der Waals surface area (Å²) in [4.78, 5) is 19.5. The summed E-state index contributed by atoms with van der Waals surface area (Å²) >= 11 is 17.2. The van der Waals surface area contributed by atoms with Crippen molar-refractivity contribution in [3.8, 4) is 11.5 Å². The monoisotopic (exact) mass is 556 g/mol. The highest BCUT2D eigenvalue weighted by Crippen LogP contribution is 2.38. The van der Waals surface area contributed by atoms with Crippen molar-refractivity contribution in [1.82, 2.24) is 4.90 Å². The molecule has 0 saturated carbocycles. The van der Waals surface area contributed by atoms with Gasteiger partial charge in [-0.3, -0.25) is 14.7 Å². The third-order valence-electron chi connectivity index (χ3n) is 4.55. The molecule has 1 saturated heterocycles. The maximum atomic E-state index is 12.8. The molecule has 1 amide bonds. The Morgan fingerprint density at radius 1 is 1.12 bits per heavy atom. The summed E-state index contributed by atoms with van der Waals surface area (Å²) in [6, 6.07) is 8.98. The van der Waals surface area contributed by atoms with E-state index in [1.165, 1.54) is 11.8 Å². The zero-order valence-corrected chi connectivity index (χ0v) is 21.9. The van der Waals surface area contributed by atoms with Gasteiger partial charge in [0.1, 0.15) is 6.61 Å². The molecule has 1 aliphatic heterocycles. The number of hydrogen-bond donors (Lipinski definition) is 0. The Kier molecular flexibility index (Phi) is 8.94. The summed E-state index contributed by atoms with van der Waals surface area (Å²) in [5.41, 5.74) is 1.63. The normalized spacial score (nSPS) is 16.3. The lowest BCUT2D eigenvalue weighted by atomic mass is 10.1. The number of carbonyl (C=O) groups is 1. The molecule has 0 atom stereocenters. The summed E-state index contributed by atoms with van der Waals surface area (Å²) < 4.78 is 12.6. The van der Waals surface area contributed by atoms with E-state index in [0.29, 0.717) is 46.1 Å². The van der Waals surface area contributed by atoms with Gasteiger partial charge in [0.05, 0.1) is 11.5 Å². The first kappa shape index (κ1) is 25.0. The molecule has 2 aromatic rings. The van der Waals surface area contributed by atoms with E-state index in [1.54, 1.807) is 17.0 Å². The van der Waals surface area contributed by atoms with Crippen LogP contribution in [0.15, 0.2) is 44.7 Å². The fraction of sp³-hybridized carbons (Fsp3) is 0.304. The number of likely N-dealkylation sites (N-methyl/N-ethyl adjacent to an activating group) is 1. The average molecular weight is 558 g/mol. The van der Waals surface area contributed by atoms with E-state index in [-0.39, 0.29) is 12.5 Å². The molecular formula is C23H23BrCl2N2O3S. The molecule has 1 fully saturated rings. The number of thioether (sulfide) groups is 1. The third-order valence-corrected chi connectivity index (χ3v) is 6.86. The van der Waals surface area contributed by atoms with Crippen LogP contribution in [0, 0.1) is 0 Å². The highest BCUT2D eigenvalue weighted by molar-refractivity contribution is 9.10. The number of nitrogens with zero attached hydrogens (tertiary/aromatic N) is 2. The second kappa shape index (κ2) is 11.5. The molecule has 0 aromatic heterocycles. The molecule has 170 valence electrons. The highest BCUT2D eigenvalue weighted by atomic mass is 79.9. The molecule has 0 spiro atoms. The Morgan fingerprint density at radius 2 is 1.88 bits per heavy atom. The molecule has 0 N–H and O–H groups in total. The minimum atomic E-state index is -0.0488. The Bertz CT molecular complexity index is 1080. The molecule has 0 radical (unpaired) electrons. The highest BCUT2D eigenvalue weighted by Gasteiger charge is 2.32. The summed E-state index contributed by atoms with van der Waals surface area (Å²) in [5.74, 6) is 1.10. The molecule has 0 unspecified atom stereocenters. The number of benzene rings is 2. The Morgan fingerprint density at radius 3 is 2.53 bits per heavy atom. The molecule has 0 aliphatic carbocycles. The van der Waals surface area contributed by atoms with Gasteiger partial charge in [0, 0.05) is 33.2 Å². The average Bonchev–Trinajstić information content (AvgIpc) is 3.04. The summed E-state index contributed by atoms with van der Waals surface area (Å²) in [7, 11) is 0. The fourth-order valence-electron chi connectivity index (χ4n) is 3.02. The number of carbonyl (C=O) groups excluding carboxylic acids is 1. The van der Waals surface area contributed by atoms with Gasteiger partial charge < -0.3 is 9.47 Å². The number of ether oxygens (including phenoxy) is 2. The van der Waals surface area contributed by atoms with E-state index < -0.39 is 0 Å². The van der Waals surface area contributed by atoms with Crippen LogP contribution in [0.5, 0.6) is 11.5 Å². The molecule has 5 nitrogen and oxygen atoms in total. The van der Waals surface area contributed by atoms with Crippen molar-refractivity contribution < 1.29 is 14.3 Å². The van der Waals surface area contributed by atoms with Gasteiger partial charge >= 0.3 is 0 Å². The van der Waals surface area contributed by atoms with Gasteiger partial charge in [0.25, 0.3) is 5.91 Å². The van der Waals surface area contributed by atoms with E-state index in [9.17, 15) is 4.79 Å². The lowest BCUT2D eigenvalue weighted by Gasteiger charge is -2.15. The van der Waals surface area contributed by atoms with Gasteiger partial charge in [0.2, 0.25) is 0 Å². The van der Waals surface area contributed by atoms with Crippen molar-refractivity contribution in [2.24, 2.45) is 4.99 Å². The van der Waals surface area contributed by atoms with Crippen LogP contribution < -0.4 is 9.47 Å². The predicted octanol–water partition coefficient (Wildman–Crippen LogP) is 7.05. The Balaban J connectivity index is 1.89. The van der Waals surface area contributed by atoms with Crippen LogP contribution in [0.4, 0.5) is 0 Å². The van der Waals surface area contributed by atoms with Crippen LogP contribution in [-0.2, 0) is 11.4 Å². The summed E-state index contributed by atoms with van der Waals surface area (Å²) in [6.07, 6.45) is 1.85. The summed E-state index contributed by atoms with van der Waals surface area (Å²) in [5, 5.41) is 1.84. The van der Waals surface area contributed by atoms with Crippen molar-refractivity contribution in [3.63, 3.8) is 0 Å². The van der Waals surface area contributed by atoms with Gasteiger partial charge in [0.15, 0.2) is 16.7 Å². The number of halogens is 3. The van der Waals surface area contributed by atoms with Crippen LogP contribution in [0.2, 0.25) is 10.0 Å². The molecule has 0 bridgehead atoms. The Labute approximate surface area is 210 Å². The first-order chi connectivity index (χ1) is 15.4. The molecule has 2 aromatic carbocycles. The van der Waals surface area contributed by atoms with Gasteiger partial charge in [-0.25, -0.2) is 0 Å². The first-order valence-corrected chi connectivity index (χ1v) is 12.5. The third kappa shape index (κ3) is 5.81. The van der Waals surface area contributed by atoms with Gasteiger partial charge in [-0.05, 0) is 68.4 Å².